The second-order valence-electron chi connectivity index (χ2n) is 9.98. The highest BCUT2D eigenvalue weighted by Crippen LogP contribution is 2.42. The van der Waals surface area contributed by atoms with Crippen molar-refractivity contribution in [2.24, 2.45) is 11.8 Å². The van der Waals surface area contributed by atoms with Crippen LogP contribution in [-0.4, -0.2) is 45.8 Å². The lowest BCUT2D eigenvalue weighted by Crippen LogP contribution is -2.50. The van der Waals surface area contributed by atoms with Crippen molar-refractivity contribution < 1.29 is 40.8 Å². The summed E-state index contributed by atoms with van der Waals surface area (Å²) in [6, 6.07) is 1.36. The molecule has 39 heavy (non-hydrogen) atoms. The minimum Gasteiger partial charge on any atom is -0.451 e. The topological polar surface area (TPSA) is 126 Å². The second kappa shape index (κ2) is 11.7. The van der Waals surface area contributed by atoms with E-state index in [0.29, 0.717) is 5.56 Å². The molecule has 2 aliphatic rings. The first kappa shape index (κ1) is 28.4. The molecule has 2 aromatic heterocycles. The van der Waals surface area contributed by atoms with Crippen molar-refractivity contribution in [3.05, 3.63) is 42.2 Å². The van der Waals surface area contributed by atoms with Crippen molar-refractivity contribution in [2.45, 2.75) is 75.5 Å². The van der Waals surface area contributed by atoms with Crippen LogP contribution in [0.3, 0.4) is 0 Å². The summed E-state index contributed by atoms with van der Waals surface area (Å²) in [6.07, 6.45) is -2.16. The van der Waals surface area contributed by atoms with Crippen molar-refractivity contribution in [2.75, 3.05) is 5.32 Å². The minimum absolute atomic E-state index is 0.00532. The molecule has 0 aliphatic heterocycles. The number of halogens is 5. The van der Waals surface area contributed by atoms with Gasteiger partial charge in [0.25, 0.3) is 5.91 Å². The second-order valence-corrected chi connectivity index (χ2v) is 9.98. The lowest BCUT2D eigenvalue weighted by atomic mass is 9.81. The van der Waals surface area contributed by atoms with Gasteiger partial charge < -0.3 is 20.4 Å². The Kier molecular flexibility index (Phi) is 8.50. The van der Waals surface area contributed by atoms with Crippen LogP contribution in [0.2, 0.25) is 0 Å². The fourth-order valence-corrected chi connectivity index (χ4v) is 4.65. The van der Waals surface area contributed by atoms with Crippen molar-refractivity contribution in [1.29, 1.82) is 0 Å². The zero-order valence-corrected chi connectivity index (χ0v) is 20.8. The average Bonchev–Trinajstić information content (AvgIpc) is 3.56. The lowest BCUT2D eigenvalue weighted by Gasteiger charge is -2.33. The number of anilines is 1. The van der Waals surface area contributed by atoms with Gasteiger partial charge >= 0.3 is 6.18 Å². The molecular formula is C25H28F5N5O4. The molecule has 2 heterocycles. The largest absolute Gasteiger partial charge is 0.451 e. The third-order valence-electron chi connectivity index (χ3n) is 6.91. The van der Waals surface area contributed by atoms with E-state index in [1.807, 2.05) is 0 Å². The molecule has 212 valence electrons. The van der Waals surface area contributed by atoms with Gasteiger partial charge in [0.15, 0.2) is 12.1 Å². The first-order valence-electron chi connectivity index (χ1n) is 12.6. The SMILES string of the molecule is O=C(CCC(F)(F)F)NC(c1ccnc(NC(=O)[C@@H](NC(=O)c2cocn2)C2CCC(F)(F)CC2)c1)C1CC1. The molecule has 4 rings (SSSR count). The smallest absolute Gasteiger partial charge is 0.389 e. The Balaban J connectivity index is 1.47. The molecule has 0 radical (unpaired) electrons. The zero-order chi connectivity index (χ0) is 28.2. The summed E-state index contributed by atoms with van der Waals surface area (Å²) in [4.78, 5) is 45.9. The number of carbonyl (C=O) groups excluding carboxylic acids is 3. The Hall–Kier alpha value is -3.58. The van der Waals surface area contributed by atoms with Gasteiger partial charge in [-0.1, -0.05) is 0 Å². The van der Waals surface area contributed by atoms with Crippen molar-refractivity contribution in [3.8, 4) is 0 Å². The molecule has 0 spiro atoms. The highest BCUT2D eigenvalue weighted by atomic mass is 19.4. The highest BCUT2D eigenvalue weighted by molar-refractivity contribution is 6.00. The van der Waals surface area contributed by atoms with E-state index < -0.39 is 73.5 Å². The number of nitrogens with one attached hydrogen (secondary N) is 3. The maximum Gasteiger partial charge on any atom is 0.389 e. The van der Waals surface area contributed by atoms with E-state index in [-0.39, 0.29) is 30.3 Å². The first-order chi connectivity index (χ1) is 18.4. The number of hydrogen-bond donors (Lipinski definition) is 3. The summed E-state index contributed by atoms with van der Waals surface area (Å²) in [5.41, 5.74) is 0.464. The molecule has 2 atom stereocenters. The van der Waals surface area contributed by atoms with Gasteiger partial charge in [0.05, 0.1) is 12.5 Å². The maximum atomic E-state index is 13.8. The molecule has 2 aliphatic carbocycles. The van der Waals surface area contributed by atoms with E-state index in [4.69, 9.17) is 4.42 Å². The van der Waals surface area contributed by atoms with Crippen molar-refractivity contribution in [1.82, 2.24) is 20.6 Å². The van der Waals surface area contributed by atoms with Crippen LogP contribution in [0.5, 0.6) is 0 Å². The molecule has 1 unspecified atom stereocenters. The molecule has 9 nitrogen and oxygen atoms in total. The highest BCUT2D eigenvalue weighted by Gasteiger charge is 2.41. The van der Waals surface area contributed by atoms with E-state index >= 15 is 0 Å². The van der Waals surface area contributed by atoms with Crippen LogP contribution in [0, 0.1) is 11.8 Å². The Bertz CT molecular complexity index is 1160. The number of amides is 3. The Morgan fingerprint density at radius 3 is 2.38 bits per heavy atom. The zero-order valence-electron chi connectivity index (χ0n) is 20.8. The maximum absolute atomic E-state index is 13.8. The first-order valence-corrected chi connectivity index (χ1v) is 12.6. The van der Waals surface area contributed by atoms with Gasteiger partial charge in [0.2, 0.25) is 17.7 Å². The summed E-state index contributed by atoms with van der Waals surface area (Å²) in [5, 5.41) is 7.81. The Morgan fingerprint density at radius 1 is 1.05 bits per heavy atom. The molecule has 0 bridgehead atoms. The molecule has 2 saturated carbocycles. The van der Waals surface area contributed by atoms with E-state index in [2.05, 4.69) is 25.9 Å². The van der Waals surface area contributed by atoms with Gasteiger partial charge in [0.1, 0.15) is 18.1 Å². The predicted octanol–water partition coefficient (Wildman–Crippen LogP) is 4.54. The average molecular weight is 558 g/mol. The van der Waals surface area contributed by atoms with Crippen LogP contribution in [0.15, 0.2) is 35.4 Å². The fraction of sp³-hybridized carbons (Fsp3) is 0.560. The van der Waals surface area contributed by atoms with E-state index in [1.165, 1.54) is 12.3 Å². The summed E-state index contributed by atoms with van der Waals surface area (Å²) in [5.74, 6) is -5.43. The molecule has 3 amide bonds. The lowest BCUT2D eigenvalue weighted by molar-refractivity contribution is -0.144. The van der Waals surface area contributed by atoms with Gasteiger partial charge in [-0.25, -0.2) is 18.7 Å². The van der Waals surface area contributed by atoms with Crippen LogP contribution in [0.25, 0.3) is 0 Å². The van der Waals surface area contributed by atoms with Crippen LogP contribution in [0.1, 0.15) is 73.5 Å². The van der Waals surface area contributed by atoms with Crippen molar-refractivity contribution in [3.63, 3.8) is 0 Å². The number of alkyl halides is 5. The molecule has 3 N–H and O–H groups in total. The standard InChI is InChI=1S/C25H28F5N5O4/c26-24(27)7-3-15(4-8-24)21(35-22(37)17-12-39-13-32-17)23(38)33-18-11-16(6-10-31-18)20(14-1-2-14)34-19(36)5-9-25(28,29)30/h6,10-15,20-21H,1-5,7-9H2,(H,34,36)(H,35,37)(H,31,33,38)/t20?,21-/m0/s1. The number of nitrogens with zero attached hydrogens (tertiary/aromatic N) is 2. The van der Waals surface area contributed by atoms with Gasteiger partial charge in [-0.15, -0.1) is 0 Å². The van der Waals surface area contributed by atoms with E-state index in [0.717, 1.165) is 25.5 Å². The monoisotopic (exact) mass is 557 g/mol. The van der Waals surface area contributed by atoms with E-state index in [1.54, 1.807) is 6.07 Å². The summed E-state index contributed by atoms with van der Waals surface area (Å²) < 4.78 is 69.9. The van der Waals surface area contributed by atoms with Crippen LogP contribution >= 0.6 is 0 Å². The summed E-state index contributed by atoms with van der Waals surface area (Å²) in [7, 11) is 0. The molecule has 14 heteroatoms. The van der Waals surface area contributed by atoms with Gasteiger partial charge in [0, 0.05) is 25.5 Å². The third-order valence-corrected chi connectivity index (χ3v) is 6.91. The molecule has 2 aromatic rings. The number of rotatable bonds is 10. The van der Waals surface area contributed by atoms with Gasteiger partial charge in [-0.2, -0.15) is 13.2 Å². The number of hydrogen-bond acceptors (Lipinski definition) is 6. The number of oxazole rings is 1. The van der Waals surface area contributed by atoms with E-state index in [9.17, 15) is 36.3 Å². The van der Waals surface area contributed by atoms with Crippen LogP contribution < -0.4 is 16.0 Å². The molecule has 0 saturated heterocycles. The summed E-state index contributed by atoms with van der Waals surface area (Å²) >= 11 is 0. The molecular weight excluding hydrogens is 529 g/mol. The van der Waals surface area contributed by atoms with Gasteiger partial charge in [-0.3, -0.25) is 14.4 Å². The summed E-state index contributed by atoms with van der Waals surface area (Å²) in [6.45, 7) is 0. The third kappa shape index (κ3) is 8.20. The molecule has 0 aromatic carbocycles. The fourth-order valence-electron chi connectivity index (χ4n) is 4.65. The van der Waals surface area contributed by atoms with Crippen molar-refractivity contribution >= 4 is 23.5 Å². The van der Waals surface area contributed by atoms with Gasteiger partial charge in [-0.05, 0) is 55.2 Å². The number of aromatic nitrogens is 2. The Morgan fingerprint density at radius 2 is 1.77 bits per heavy atom. The number of pyridine rings is 1. The minimum atomic E-state index is -4.45. The van der Waals surface area contributed by atoms with Crippen LogP contribution in [0.4, 0.5) is 27.8 Å². The quantitative estimate of drug-likeness (QED) is 0.368. The number of carbonyl (C=O) groups is 3. The predicted molar refractivity (Wildman–Crippen MR) is 126 cm³/mol. The van der Waals surface area contributed by atoms with Crippen LogP contribution in [-0.2, 0) is 9.59 Å². The Labute approximate surface area is 220 Å². The normalized spacial score (nSPS) is 19.1. The molecule has 2 fully saturated rings.